The Morgan fingerprint density at radius 3 is 2.29 bits per heavy atom. The molecular weight excluding hydrogens is 369 g/mol. The van der Waals surface area contributed by atoms with Crippen LogP contribution in [0.3, 0.4) is 0 Å². The SMILES string of the molecule is CCS(=O)(=O)Nc1ccc(Nc2ccc(Cl)cc2C(F)(F)F)nn1. The zero-order valence-electron chi connectivity index (χ0n) is 12.2. The third-order valence-electron chi connectivity index (χ3n) is 2.85. The van der Waals surface area contributed by atoms with Crippen molar-refractivity contribution in [2.45, 2.75) is 13.1 Å². The van der Waals surface area contributed by atoms with Gasteiger partial charge in [-0.1, -0.05) is 11.6 Å². The van der Waals surface area contributed by atoms with Crippen LogP contribution in [0, 0.1) is 0 Å². The number of anilines is 3. The normalized spacial score (nSPS) is 12.0. The van der Waals surface area contributed by atoms with Crippen LogP contribution in [0.4, 0.5) is 30.5 Å². The van der Waals surface area contributed by atoms with Crippen LogP contribution in [0.25, 0.3) is 0 Å². The van der Waals surface area contributed by atoms with E-state index >= 15 is 0 Å². The highest BCUT2D eigenvalue weighted by molar-refractivity contribution is 7.92. The summed E-state index contributed by atoms with van der Waals surface area (Å²) in [4.78, 5) is 0. The maximum absolute atomic E-state index is 13.0. The van der Waals surface area contributed by atoms with Crippen LogP contribution in [-0.4, -0.2) is 24.4 Å². The molecule has 0 bridgehead atoms. The van der Waals surface area contributed by atoms with Crippen LogP contribution in [0.5, 0.6) is 0 Å². The average Bonchev–Trinajstić information content (AvgIpc) is 2.50. The van der Waals surface area contributed by atoms with E-state index in [0.717, 1.165) is 6.07 Å². The molecule has 0 aliphatic heterocycles. The number of benzene rings is 1. The summed E-state index contributed by atoms with van der Waals surface area (Å²) in [5.74, 6) is -0.161. The van der Waals surface area contributed by atoms with E-state index in [2.05, 4.69) is 20.2 Å². The van der Waals surface area contributed by atoms with Crippen molar-refractivity contribution in [1.29, 1.82) is 0 Å². The van der Waals surface area contributed by atoms with Crippen molar-refractivity contribution in [2.24, 2.45) is 0 Å². The van der Waals surface area contributed by atoms with Gasteiger partial charge in [-0.2, -0.15) is 13.2 Å². The van der Waals surface area contributed by atoms with Gasteiger partial charge in [-0.05, 0) is 37.3 Å². The average molecular weight is 381 g/mol. The van der Waals surface area contributed by atoms with E-state index in [1.54, 1.807) is 0 Å². The molecule has 2 rings (SSSR count). The molecule has 0 amide bonds. The number of rotatable bonds is 5. The van der Waals surface area contributed by atoms with Gasteiger partial charge in [-0.15, -0.1) is 10.2 Å². The first-order chi connectivity index (χ1) is 11.1. The fourth-order valence-corrected chi connectivity index (χ4v) is 2.43. The van der Waals surface area contributed by atoms with Crippen molar-refractivity contribution in [3.8, 4) is 0 Å². The lowest BCUT2D eigenvalue weighted by atomic mass is 10.1. The van der Waals surface area contributed by atoms with E-state index in [9.17, 15) is 21.6 Å². The van der Waals surface area contributed by atoms with Crippen molar-refractivity contribution >= 4 is 38.9 Å². The smallest absolute Gasteiger partial charge is 0.338 e. The largest absolute Gasteiger partial charge is 0.418 e. The highest BCUT2D eigenvalue weighted by Crippen LogP contribution is 2.37. The van der Waals surface area contributed by atoms with Gasteiger partial charge in [0.1, 0.15) is 0 Å². The van der Waals surface area contributed by atoms with Gasteiger partial charge < -0.3 is 5.32 Å². The molecule has 1 heterocycles. The summed E-state index contributed by atoms with van der Waals surface area (Å²) in [5, 5.41) is 9.69. The molecule has 0 saturated carbocycles. The minimum absolute atomic E-state index is 0.0160. The number of nitrogens with zero attached hydrogens (tertiary/aromatic N) is 2. The number of aromatic nitrogens is 2. The van der Waals surface area contributed by atoms with Gasteiger partial charge in [-0.25, -0.2) is 8.42 Å². The van der Waals surface area contributed by atoms with Crippen LogP contribution in [0.15, 0.2) is 30.3 Å². The Labute approximate surface area is 141 Å². The number of sulfonamides is 1. The molecule has 0 atom stereocenters. The number of nitrogens with one attached hydrogen (secondary N) is 2. The molecule has 2 N–H and O–H groups in total. The number of halogens is 4. The van der Waals surface area contributed by atoms with Gasteiger partial charge in [0, 0.05) is 5.02 Å². The summed E-state index contributed by atoms with van der Waals surface area (Å²) in [7, 11) is -3.51. The van der Waals surface area contributed by atoms with Gasteiger partial charge in [0.15, 0.2) is 11.6 Å². The predicted octanol–water partition coefficient (Wildman–Crippen LogP) is 3.65. The van der Waals surface area contributed by atoms with E-state index in [4.69, 9.17) is 11.6 Å². The third-order valence-corrected chi connectivity index (χ3v) is 4.37. The van der Waals surface area contributed by atoms with Gasteiger partial charge in [0.2, 0.25) is 10.0 Å². The van der Waals surface area contributed by atoms with Crippen molar-refractivity contribution in [3.63, 3.8) is 0 Å². The molecule has 6 nitrogen and oxygen atoms in total. The summed E-state index contributed by atoms with van der Waals surface area (Å²) in [6.07, 6.45) is -4.60. The molecule has 11 heteroatoms. The van der Waals surface area contributed by atoms with Gasteiger partial charge in [0.05, 0.1) is 17.0 Å². The Hall–Kier alpha value is -2.07. The maximum Gasteiger partial charge on any atom is 0.418 e. The first-order valence-electron chi connectivity index (χ1n) is 6.59. The molecule has 0 aliphatic carbocycles. The van der Waals surface area contributed by atoms with Gasteiger partial charge in [0.25, 0.3) is 0 Å². The first kappa shape index (κ1) is 18.3. The number of hydrogen-bond acceptors (Lipinski definition) is 5. The first-order valence-corrected chi connectivity index (χ1v) is 8.62. The molecule has 0 saturated heterocycles. The molecule has 0 unspecified atom stereocenters. The van der Waals surface area contributed by atoms with E-state index in [1.165, 1.54) is 31.2 Å². The fourth-order valence-electron chi connectivity index (χ4n) is 1.68. The summed E-state index contributed by atoms with van der Waals surface area (Å²) < 4.78 is 64.0. The van der Waals surface area contributed by atoms with Crippen molar-refractivity contribution in [3.05, 3.63) is 40.9 Å². The van der Waals surface area contributed by atoms with Crippen molar-refractivity contribution in [2.75, 3.05) is 15.8 Å². The lowest BCUT2D eigenvalue weighted by molar-refractivity contribution is -0.136. The van der Waals surface area contributed by atoms with Crippen LogP contribution >= 0.6 is 11.6 Å². The highest BCUT2D eigenvalue weighted by atomic mass is 35.5. The Morgan fingerprint density at radius 2 is 1.75 bits per heavy atom. The monoisotopic (exact) mass is 380 g/mol. The van der Waals surface area contributed by atoms with Crippen molar-refractivity contribution in [1.82, 2.24) is 10.2 Å². The number of hydrogen-bond donors (Lipinski definition) is 2. The predicted molar refractivity (Wildman–Crippen MR) is 84.9 cm³/mol. The molecule has 0 spiro atoms. The standard InChI is InChI=1S/C13H12ClF3N4O2S/c1-2-24(22,23)21-12-6-5-11(19-20-12)18-10-4-3-8(14)7-9(10)13(15,16)17/h3-7H,2H2,1H3,(H,18,19)(H,20,21). The highest BCUT2D eigenvalue weighted by Gasteiger charge is 2.34. The fraction of sp³-hybridized carbons (Fsp3) is 0.231. The van der Waals surface area contributed by atoms with Crippen LogP contribution in [-0.2, 0) is 16.2 Å². The molecule has 130 valence electrons. The summed E-state index contributed by atoms with van der Waals surface area (Å²) >= 11 is 5.60. The maximum atomic E-state index is 13.0. The van der Waals surface area contributed by atoms with Crippen molar-refractivity contribution < 1.29 is 21.6 Å². The lowest BCUT2D eigenvalue weighted by Gasteiger charge is -2.14. The number of alkyl halides is 3. The molecule has 24 heavy (non-hydrogen) atoms. The molecule has 0 aliphatic rings. The zero-order valence-corrected chi connectivity index (χ0v) is 13.8. The second kappa shape index (κ2) is 6.81. The summed E-state index contributed by atoms with van der Waals surface area (Å²) in [6.45, 7) is 1.45. The molecule has 0 radical (unpaired) electrons. The molecule has 1 aromatic carbocycles. The Bertz CT molecular complexity index is 826. The van der Waals surface area contributed by atoms with Gasteiger partial charge >= 0.3 is 6.18 Å². The second-order valence-electron chi connectivity index (χ2n) is 4.62. The zero-order chi connectivity index (χ0) is 18.0. The summed E-state index contributed by atoms with van der Waals surface area (Å²) in [6, 6.07) is 5.85. The lowest BCUT2D eigenvalue weighted by Crippen LogP contribution is -2.16. The second-order valence-corrected chi connectivity index (χ2v) is 7.07. The topological polar surface area (TPSA) is 84.0 Å². The molecule has 2 aromatic rings. The Balaban J connectivity index is 2.24. The molecular formula is C13H12ClF3N4O2S. The third kappa shape index (κ3) is 4.71. The Kier molecular flexibility index (Phi) is 5.19. The quantitative estimate of drug-likeness (QED) is 0.827. The Morgan fingerprint density at radius 1 is 1.12 bits per heavy atom. The van der Waals surface area contributed by atoms with Crippen LogP contribution in [0.1, 0.15) is 12.5 Å². The van der Waals surface area contributed by atoms with E-state index in [1.807, 2.05) is 0 Å². The summed E-state index contributed by atoms with van der Waals surface area (Å²) in [5.41, 5.74) is -1.20. The van der Waals surface area contributed by atoms with Crippen LogP contribution in [0.2, 0.25) is 5.02 Å². The van der Waals surface area contributed by atoms with E-state index in [0.29, 0.717) is 0 Å². The van der Waals surface area contributed by atoms with E-state index in [-0.39, 0.29) is 28.1 Å². The molecule has 0 fully saturated rings. The molecule has 1 aromatic heterocycles. The van der Waals surface area contributed by atoms with Gasteiger partial charge in [-0.3, -0.25) is 4.72 Å². The minimum Gasteiger partial charge on any atom is -0.338 e. The minimum atomic E-state index is -4.60. The van der Waals surface area contributed by atoms with Crippen LogP contribution < -0.4 is 10.0 Å². The van der Waals surface area contributed by atoms with E-state index < -0.39 is 21.8 Å².